The van der Waals surface area contributed by atoms with Gasteiger partial charge in [0.1, 0.15) is 0 Å². The summed E-state index contributed by atoms with van der Waals surface area (Å²) in [5.41, 5.74) is 4.04. The number of benzene rings is 1. The van der Waals surface area contributed by atoms with Crippen LogP contribution >= 0.6 is 11.8 Å². The topological polar surface area (TPSA) is 0 Å². The van der Waals surface area contributed by atoms with Crippen LogP contribution in [0.25, 0.3) is 5.57 Å². The maximum atomic E-state index is 3.71. The lowest BCUT2D eigenvalue weighted by atomic mass is 10.0. The number of aryl methyl sites for hydroxylation is 1. The van der Waals surface area contributed by atoms with Crippen LogP contribution in [0.3, 0.4) is 0 Å². The van der Waals surface area contributed by atoms with E-state index in [9.17, 15) is 0 Å². The van der Waals surface area contributed by atoms with Crippen molar-refractivity contribution in [2.45, 2.75) is 26.7 Å². The summed E-state index contributed by atoms with van der Waals surface area (Å²) in [6.07, 6.45) is 10.4. The molecule has 0 aliphatic rings. The van der Waals surface area contributed by atoms with Crippen molar-refractivity contribution in [3.63, 3.8) is 0 Å². The van der Waals surface area contributed by atoms with Gasteiger partial charge in [0.25, 0.3) is 0 Å². The Morgan fingerprint density at radius 1 is 1.28 bits per heavy atom. The van der Waals surface area contributed by atoms with Crippen LogP contribution in [0.1, 0.15) is 31.4 Å². The molecule has 0 aromatic heterocycles. The van der Waals surface area contributed by atoms with E-state index in [1.165, 1.54) is 28.0 Å². The van der Waals surface area contributed by atoms with Crippen molar-refractivity contribution in [2.75, 3.05) is 6.26 Å². The monoisotopic (exact) mass is 258 g/mol. The number of hydrogen-bond acceptors (Lipinski definition) is 1. The van der Waals surface area contributed by atoms with Crippen molar-refractivity contribution < 1.29 is 0 Å². The molecule has 96 valence electrons. The third-order valence-corrected chi connectivity index (χ3v) is 3.78. The van der Waals surface area contributed by atoms with E-state index in [0.29, 0.717) is 0 Å². The van der Waals surface area contributed by atoms with Crippen molar-refractivity contribution in [3.8, 4) is 0 Å². The summed E-state index contributed by atoms with van der Waals surface area (Å²) >= 11 is 1.77. The van der Waals surface area contributed by atoms with E-state index in [4.69, 9.17) is 0 Å². The van der Waals surface area contributed by atoms with Crippen molar-refractivity contribution in [1.29, 1.82) is 0 Å². The molecule has 0 saturated heterocycles. The average molecular weight is 258 g/mol. The molecule has 0 aliphatic carbocycles. The van der Waals surface area contributed by atoms with Crippen LogP contribution in [0.2, 0.25) is 0 Å². The molecule has 0 N–H and O–H groups in total. The molecular formula is C17H22S. The van der Waals surface area contributed by atoms with E-state index < -0.39 is 0 Å². The molecule has 18 heavy (non-hydrogen) atoms. The fourth-order valence-electron chi connectivity index (χ4n) is 1.85. The van der Waals surface area contributed by atoms with Gasteiger partial charge in [-0.2, -0.15) is 0 Å². The molecule has 0 unspecified atom stereocenters. The predicted molar refractivity (Wildman–Crippen MR) is 85.9 cm³/mol. The average Bonchev–Trinajstić information content (AvgIpc) is 2.40. The highest BCUT2D eigenvalue weighted by Gasteiger charge is 2.01. The normalized spacial score (nSPS) is 12.6. The van der Waals surface area contributed by atoms with Crippen molar-refractivity contribution >= 4 is 17.3 Å². The first-order valence-electron chi connectivity index (χ1n) is 6.36. The van der Waals surface area contributed by atoms with Crippen molar-refractivity contribution in [1.82, 2.24) is 0 Å². The maximum absolute atomic E-state index is 3.71. The number of allylic oxidation sites excluding steroid dienone is 4. The van der Waals surface area contributed by atoms with E-state index >= 15 is 0 Å². The van der Waals surface area contributed by atoms with Gasteiger partial charge in [0.05, 0.1) is 0 Å². The lowest BCUT2D eigenvalue weighted by Crippen LogP contribution is -1.86. The first-order chi connectivity index (χ1) is 8.72. The minimum atomic E-state index is 1.16. The molecule has 0 amide bonds. The van der Waals surface area contributed by atoms with Gasteiger partial charge in [-0.1, -0.05) is 56.3 Å². The highest BCUT2D eigenvalue weighted by molar-refractivity contribution is 8.02. The van der Waals surface area contributed by atoms with Gasteiger partial charge in [-0.05, 0) is 42.4 Å². The van der Waals surface area contributed by atoms with Gasteiger partial charge in [0, 0.05) is 4.91 Å². The number of hydrogen-bond donors (Lipinski definition) is 0. The summed E-state index contributed by atoms with van der Waals surface area (Å²) in [5.74, 6) is 0. The van der Waals surface area contributed by atoms with Crippen LogP contribution in [0, 0.1) is 0 Å². The van der Waals surface area contributed by atoms with Gasteiger partial charge >= 0.3 is 0 Å². The maximum Gasteiger partial charge on any atom is 0.0104 e. The molecule has 0 spiro atoms. The van der Waals surface area contributed by atoms with Crippen molar-refractivity contribution in [2.24, 2.45) is 0 Å². The molecule has 1 heteroatoms. The molecule has 0 nitrogen and oxygen atoms in total. The van der Waals surface area contributed by atoms with Crippen LogP contribution in [0.4, 0.5) is 0 Å². The predicted octanol–water partition coefficient (Wildman–Crippen LogP) is 5.48. The zero-order valence-electron chi connectivity index (χ0n) is 11.6. The highest BCUT2D eigenvalue weighted by Crippen LogP contribution is 2.26. The van der Waals surface area contributed by atoms with E-state index in [0.717, 1.165) is 6.42 Å². The van der Waals surface area contributed by atoms with Gasteiger partial charge in [0.2, 0.25) is 0 Å². The smallest absolute Gasteiger partial charge is 0.0104 e. The molecule has 1 aromatic carbocycles. The Morgan fingerprint density at radius 2 is 1.94 bits per heavy atom. The van der Waals surface area contributed by atoms with E-state index in [2.05, 4.69) is 57.0 Å². The second kappa shape index (κ2) is 7.99. The molecule has 0 aliphatic heterocycles. The Balaban J connectivity index is 2.99. The molecule has 0 bridgehead atoms. The Hall–Kier alpha value is -1.21. The van der Waals surface area contributed by atoms with Crippen molar-refractivity contribution in [3.05, 3.63) is 65.1 Å². The molecule has 0 fully saturated rings. The Bertz CT molecular complexity index is 435. The van der Waals surface area contributed by atoms with Crippen LogP contribution in [0.5, 0.6) is 0 Å². The summed E-state index contributed by atoms with van der Waals surface area (Å²) in [6, 6.07) is 8.91. The van der Waals surface area contributed by atoms with E-state index in [-0.39, 0.29) is 0 Å². The quantitative estimate of drug-likeness (QED) is 0.609. The summed E-state index contributed by atoms with van der Waals surface area (Å²) in [5, 5.41) is 0. The first-order valence-corrected chi connectivity index (χ1v) is 7.58. The van der Waals surface area contributed by atoms with E-state index in [1.807, 2.05) is 12.2 Å². The van der Waals surface area contributed by atoms with Gasteiger partial charge in [-0.25, -0.2) is 0 Å². The largest absolute Gasteiger partial charge is 0.129 e. The molecule has 0 radical (unpaired) electrons. The Morgan fingerprint density at radius 3 is 2.44 bits per heavy atom. The lowest BCUT2D eigenvalue weighted by Gasteiger charge is -2.07. The van der Waals surface area contributed by atoms with Crippen LogP contribution in [-0.2, 0) is 6.42 Å². The minimum absolute atomic E-state index is 1.16. The summed E-state index contributed by atoms with van der Waals surface area (Å²) < 4.78 is 0. The number of thioether (sulfide) groups is 1. The Kier molecular flexibility index (Phi) is 6.59. The zero-order valence-corrected chi connectivity index (χ0v) is 12.4. The fraction of sp³-hybridized carbons (Fsp3) is 0.294. The Labute approximate surface area is 116 Å². The van der Waals surface area contributed by atoms with E-state index in [1.54, 1.807) is 11.8 Å². The summed E-state index contributed by atoms with van der Waals surface area (Å²) in [7, 11) is 0. The molecule has 1 rings (SSSR count). The molecular weight excluding hydrogens is 236 g/mol. The third kappa shape index (κ3) is 4.23. The molecule has 0 saturated carbocycles. The lowest BCUT2D eigenvalue weighted by molar-refractivity contribution is 0.922. The van der Waals surface area contributed by atoms with Gasteiger partial charge in [-0.3, -0.25) is 0 Å². The summed E-state index contributed by atoms with van der Waals surface area (Å²) in [6.45, 7) is 8.10. The molecule has 0 atom stereocenters. The van der Waals surface area contributed by atoms with Crippen LogP contribution in [0.15, 0.2) is 54.0 Å². The SMILES string of the molecule is C=C/C=C\C(SC)=C(C)c1ccc(CCC)cc1. The fourth-order valence-corrected chi connectivity index (χ4v) is 2.49. The second-order valence-electron chi connectivity index (χ2n) is 4.24. The number of rotatable bonds is 6. The highest BCUT2D eigenvalue weighted by atomic mass is 32.2. The van der Waals surface area contributed by atoms with Gasteiger partial charge < -0.3 is 0 Å². The molecule has 0 heterocycles. The second-order valence-corrected chi connectivity index (χ2v) is 5.08. The third-order valence-electron chi connectivity index (χ3n) is 2.90. The molecule has 1 aromatic rings. The van der Waals surface area contributed by atoms with Crippen LogP contribution < -0.4 is 0 Å². The van der Waals surface area contributed by atoms with Gasteiger partial charge in [0.15, 0.2) is 0 Å². The minimum Gasteiger partial charge on any atom is -0.129 e. The van der Waals surface area contributed by atoms with Crippen LogP contribution in [-0.4, -0.2) is 6.26 Å². The van der Waals surface area contributed by atoms with Gasteiger partial charge in [-0.15, -0.1) is 11.8 Å². The summed E-state index contributed by atoms with van der Waals surface area (Å²) in [4.78, 5) is 1.29. The zero-order chi connectivity index (χ0) is 13.4. The first kappa shape index (κ1) is 14.8. The standard InChI is InChI=1S/C17H22S/c1-5-7-9-17(18-4)14(3)16-12-10-15(8-6-2)11-13-16/h5,7,9-13H,1,6,8H2,2-4H3/b9-7-,17-14?.